The molecule has 1 rings (SSSR count). The van der Waals surface area contributed by atoms with Crippen molar-refractivity contribution in [2.24, 2.45) is 0 Å². The maximum absolute atomic E-state index is 9.04. The van der Waals surface area contributed by atoms with Gasteiger partial charge in [0, 0.05) is 0 Å². The summed E-state index contributed by atoms with van der Waals surface area (Å²) < 4.78 is 5.05. The summed E-state index contributed by atoms with van der Waals surface area (Å²) in [6.07, 6.45) is 0. The van der Waals surface area contributed by atoms with Crippen LogP contribution in [0.4, 0.5) is 0 Å². The Labute approximate surface area is 63.3 Å². The second kappa shape index (κ2) is 2.88. The van der Waals surface area contributed by atoms with Crippen LogP contribution in [0, 0.1) is 6.92 Å². The van der Waals surface area contributed by atoms with Crippen molar-refractivity contribution in [2.75, 3.05) is 6.61 Å². The zero-order valence-corrected chi connectivity index (χ0v) is 6.73. The number of ether oxygens (including phenoxy) is 1. The Kier molecular flexibility index (Phi) is 2.11. The highest BCUT2D eigenvalue weighted by atomic mass is 32.1. The first-order chi connectivity index (χ1) is 4.74. The quantitative estimate of drug-likeness (QED) is 0.712. The maximum Gasteiger partial charge on any atom is 0.276 e. The number of aromatic nitrogens is 1. The molecule has 0 atom stereocenters. The fourth-order valence-electron chi connectivity index (χ4n) is 0.549. The smallest absolute Gasteiger partial charge is 0.276 e. The third-order valence-electron chi connectivity index (χ3n) is 1.02. The van der Waals surface area contributed by atoms with E-state index in [1.54, 1.807) is 6.92 Å². The molecule has 0 saturated heterocycles. The van der Waals surface area contributed by atoms with Gasteiger partial charge in [-0.2, -0.15) is 0 Å². The average molecular weight is 159 g/mol. The van der Waals surface area contributed by atoms with Crippen LogP contribution in [-0.2, 0) is 0 Å². The molecule has 0 bridgehead atoms. The average Bonchev–Trinajstić information content (AvgIpc) is 2.14. The minimum atomic E-state index is 0.239. The zero-order valence-electron chi connectivity index (χ0n) is 5.92. The maximum atomic E-state index is 9.04. The van der Waals surface area contributed by atoms with E-state index in [9.17, 15) is 0 Å². The largest absolute Gasteiger partial charge is 0.498 e. The highest BCUT2D eigenvalue weighted by Crippen LogP contribution is 2.29. The Morgan fingerprint density at radius 3 is 2.80 bits per heavy atom. The van der Waals surface area contributed by atoms with Crippen molar-refractivity contribution in [2.45, 2.75) is 13.8 Å². The Hall–Kier alpha value is -0.770. The second-order valence-electron chi connectivity index (χ2n) is 1.80. The first-order valence-electron chi connectivity index (χ1n) is 3.03. The first kappa shape index (κ1) is 7.34. The van der Waals surface area contributed by atoms with E-state index in [1.165, 1.54) is 0 Å². The van der Waals surface area contributed by atoms with Gasteiger partial charge in [0.1, 0.15) is 0 Å². The lowest BCUT2D eigenvalue weighted by molar-refractivity contribution is 0.338. The molecule has 0 fully saturated rings. The van der Waals surface area contributed by atoms with Crippen LogP contribution >= 0.6 is 11.3 Å². The topological polar surface area (TPSA) is 42.4 Å². The number of aromatic hydroxyl groups is 1. The van der Waals surface area contributed by atoms with Crippen LogP contribution in [0.2, 0.25) is 0 Å². The lowest BCUT2D eigenvalue weighted by atomic mass is 10.6. The van der Waals surface area contributed by atoms with Gasteiger partial charge in [0.25, 0.3) is 5.19 Å². The van der Waals surface area contributed by atoms with Crippen LogP contribution in [0.15, 0.2) is 0 Å². The van der Waals surface area contributed by atoms with Crippen molar-refractivity contribution in [1.29, 1.82) is 0 Å². The Balaban J connectivity index is 2.77. The highest BCUT2D eigenvalue weighted by molar-refractivity contribution is 7.15. The van der Waals surface area contributed by atoms with Gasteiger partial charge in [0.2, 0.25) is 0 Å². The van der Waals surface area contributed by atoms with E-state index in [1.807, 2.05) is 6.92 Å². The summed E-state index contributed by atoms with van der Waals surface area (Å²) in [5.41, 5.74) is 0.633. The number of nitrogens with zero attached hydrogens (tertiary/aromatic N) is 1. The molecular formula is C6H9NO2S. The number of hydrogen-bond donors (Lipinski definition) is 1. The van der Waals surface area contributed by atoms with Crippen LogP contribution in [-0.4, -0.2) is 16.7 Å². The molecule has 1 aromatic rings. The number of rotatable bonds is 2. The molecule has 1 heterocycles. The van der Waals surface area contributed by atoms with Gasteiger partial charge in [0.05, 0.1) is 12.3 Å². The van der Waals surface area contributed by atoms with Gasteiger partial charge in [-0.1, -0.05) is 0 Å². The van der Waals surface area contributed by atoms with Gasteiger partial charge < -0.3 is 9.84 Å². The van der Waals surface area contributed by atoms with Crippen molar-refractivity contribution < 1.29 is 9.84 Å². The lowest BCUT2D eigenvalue weighted by Gasteiger charge is -1.92. The molecule has 1 N–H and O–H groups in total. The first-order valence-corrected chi connectivity index (χ1v) is 3.85. The van der Waals surface area contributed by atoms with Crippen LogP contribution in [0.5, 0.6) is 10.3 Å². The van der Waals surface area contributed by atoms with Crippen molar-refractivity contribution in [3.05, 3.63) is 5.69 Å². The normalized spacial score (nSPS) is 9.80. The summed E-state index contributed by atoms with van der Waals surface area (Å²) in [6, 6.07) is 0. The SMILES string of the molecule is CCOc1nc(C)c(O)s1. The van der Waals surface area contributed by atoms with Crippen LogP contribution in [0.1, 0.15) is 12.6 Å². The van der Waals surface area contributed by atoms with Crippen molar-refractivity contribution in [3.63, 3.8) is 0 Å². The summed E-state index contributed by atoms with van der Waals surface area (Å²) in [5, 5.41) is 9.82. The van der Waals surface area contributed by atoms with E-state index in [-0.39, 0.29) is 5.06 Å². The molecule has 10 heavy (non-hydrogen) atoms. The van der Waals surface area contributed by atoms with Gasteiger partial charge in [-0.15, -0.1) is 0 Å². The van der Waals surface area contributed by atoms with Crippen molar-refractivity contribution in [1.82, 2.24) is 4.98 Å². The van der Waals surface area contributed by atoms with E-state index in [4.69, 9.17) is 9.84 Å². The third-order valence-corrected chi connectivity index (χ3v) is 1.89. The van der Waals surface area contributed by atoms with Crippen molar-refractivity contribution in [3.8, 4) is 10.3 Å². The summed E-state index contributed by atoms with van der Waals surface area (Å²) in [4.78, 5) is 3.95. The van der Waals surface area contributed by atoms with Crippen LogP contribution in [0.25, 0.3) is 0 Å². The molecule has 1 aromatic heterocycles. The molecule has 0 amide bonds. The van der Waals surface area contributed by atoms with Gasteiger partial charge in [0.15, 0.2) is 5.06 Å². The molecular weight excluding hydrogens is 150 g/mol. The fourth-order valence-corrected chi connectivity index (χ4v) is 1.27. The third kappa shape index (κ3) is 1.39. The molecule has 0 saturated carbocycles. The molecule has 0 aliphatic carbocycles. The second-order valence-corrected chi connectivity index (χ2v) is 2.74. The van der Waals surface area contributed by atoms with Gasteiger partial charge in [-0.25, -0.2) is 4.98 Å². The predicted octanol–water partition coefficient (Wildman–Crippen LogP) is 1.56. The van der Waals surface area contributed by atoms with E-state index < -0.39 is 0 Å². The molecule has 0 spiro atoms. The number of thiazole rings is 1. The molecule has 0 aliphatic rings. The molecule has 0 aromatic carbocycles. The van der Waals surface area contributed by atoms with Gasteiger partial charge in [-0.05, 0) is 25.2 Å². The van der Waals surface area contributed by atoms with Crippen LogP contribution in [0.3, 0.4) is 0 Å². The van der Waals surface area contributed by atoms with E-state index in [0.29, 0.717) is 17.5 Å². The molecule has 0 aliphatic heterocycles. The summed E-state index contributed by atoms with van der Waals surface area (Å²) in [6.45, 7) is 4.22. The Bertz CT molecular complexity index is 202. The number of hydrogen-bond acceptors (Lipinski definition) is 4. The minimum absolute atomic E-state index is 0.239. The molecule has 4 heteroatoms. The summed E-state index contributed by atoms with van der Waals surface area (Å²) >= 11 is 1.16. The standard InChI is InChI=1S/C6H9NO2S/c1-3-9-6-7-4(2)5(8)10-6/h8H,3H2,1-2H3. The highest BCUT2D eigenvalue weighted by Gasteiger charge is 2.04. The van der Waals surface area contributed by atoms with Crippen molar-refractivity contribution >= 4 is 11.3 Å². The van der Waals surface area contributed by atoms with Gasteiger partial charge in [-0.3, -0.25) is 0 Å². The molecule has 0 unspecified atom stereocenters. The Morgan fingerprint density at radius 1 is 1.70 bits per heavy atom. The summed E-state index contributed by atoms with van der Waals surface area (Å²) in [7, 11) is 0. The summed E-state index contributed by atoms with van der Waals surface area (Å²) in [5.74, 6) is 0. The van der Waals surface area contributed by atoms with Gasteiger partial charge >= 0.3 is 0 Å². The Morgan fingerprint density at radius 2 is 2.40 bits per heavy atom. The number of aryl methyl sites for hydroxylation is 1. The zero-order chi connectivity index (χ0) is 7.56. The minimum Gasteiger partial charge on any atom is -0.498 e. The predicted molar refractivity (Wildman–Crippen MR) is 39.7 cm³/mol. The molecule has 56 valence electrons. The fraction of sp³-hybridized carbons (Fsp3) is 0.500. The van der Waals surface area contributed by atoms with E-state index in [2.05, 4.69) is 4.98 Å². The molecule has 3 nitrogen and oxygen atoms in total. The molecule has 0 radical (unpaired) electrons. The van der Waals surface area contributed by atoms with Crippen LogP contribution < -0.4 is 4.74 Å². The monoisotopic (exact) mass is 159 g/mol. The lowest BCUT2D eigenvalue weighted by Crippen LogP contribution is -1.89. The van der Waals surface area contributed by atoms with E-state index in [0.717, 1.165) is 11.3 Å². The van der Waals surface area contributed by atoms with E-state index >= 15 is 0 Å².